The van der Waals surface area contributed by atoms with Crippen molar-refractivity contribution < 1.29 is 0 Å². The third-order valence-corrected chi connectivity index (χ3v) is 4.97. The first-order valence-corrected chi connectivity index (χ1v) is 8.78. The van der Waals surface area contributed by atoms with Crippen molar-refractivity contribution in [2.75, 3.05) is 0 Å². The molecule has 5 nitrogen and oxygen atoms in total. The number of halogens is 1. The van der Waals surface area contributed by atoms with Crippen LogP contribution in [-0.4, -0.2) is 14.1 Å². The molecule has 0 spiro atoms. The van der Waals surface area contributed by atoms with Gasteiger partial charge in [-0.2, -0.15) is 0 Å². The molecule has 27 heavy (non-hydrogen) atoms. The van der Waals surface area contributed by atoms with Crippen LogP contribution < -0.4 is 11.2 Å². The van der Waals surface area contributed by atoms with E-state index in [0.29, 0.717) is 16.2 Å². The van der Waals surface area contributed by atoms with Crippen LogP contribution in [0.25, 0.3) is 33.4 Å². The van der Waals surface area contributed by atoms with Gasteiger partial charge in [-0.25, -0.2) is 9.78 Å². The Labute approximate surface area is 160 Å². The standard InChI is InChI=1S/C21H16ClN3O2/c1-24-19-15(13-8-4-3-5-9-13)12-17(14-10-6-7-11-16(14)22)23-18(19)20(26)25(2)21(24)27/h3-12H,1-2H3. The van der Waals surface area contributed by atoms with Crippen LogP contribution in [0, 0.1) is 0 Å². The van der Waals surface area contributed by atoms with Gasteiger partial charge in [0.15, 0.2) is 5.52 Å². The molecule has 0 saturated heterocycles. The fraction of sp³-hybridized carbons (Fsp3) is 0.0952. The number of nitrogens with zero attached hydrogens (tertiary/aromatic N) is 3. The summed E-state index contributed by atoms with van der Waals surface area (Å²) >= 11 is 6.36. The van der Waals surface area contributed by atoms with Gasteiger partial charge in [0.1, 0.15) is 0 Å². The number of aromatic nitrogens is 3. The summed E-state index contributed by atoms with van der Waals surface area (Å²) in [6, 6.07) is 18.8. The molecule has 6 heteroatoms. The normalized spacial score (nSPS) is 11.1. The van der Waals surface area contributed by atoms with Crippen molar-refractivity contribution in [1.82, 2.24) is 14.1 Å². The number of hydrogen-bond donors (Lipinski definition) is 0. The molecule has 2 aromatic carbocycles. The smallest absolute Gasteiger partial charge is 0.294 e. The van der Waals surface area contributed by atoms with E-state index in [4.69, 9.17) is 11.6 Å². The summed E-state index contributed by atoms with van der Waals surface area (Å²) in [5.74, 6) is 0. The maximum absolute atomic E-state index is 12.8. The van der Waals surface area contributed by atoms with E-state index in [2.05, 4.69) is 4.98 Å². The Hall–Kier alpha value is -3.18. The highest BCUT2D eigenvalue weighted by molar-refractivity contribution is 6.33. The first-order chi connectivity index (χ1) is 13.0. The summed E-state index contributed by atoms with van der Waals surface area (Å²) in [6.45, 7) is 0. The van der Waals surface area contributed by atoms with Crippen molar-refractivity contribution in [3.8, 4) is 22.4 Å². The third kappa shape index (κ3) is 2.76. The average Bonchev–Trinajstić information content (AvgIpc) is 2.70. The lowest BCUT2D eigenvalue weighted by atomic mass is 10.0. The molecule has 0 aliphatic rings. The van der Waals surface area contributed by atoms with Crippen molar-refractivity contribution >= 4 is 22.6 Å². The predicted molar refractivity (Wildman–Crippen MR) is 108 cm³/mol. The molecule has 0 bridgehead atoms. The number of aryl methyl sites for hydroxylation is 1. The second-order valence-corrected chi connectivity index (χ2v) is 6.71. The van der Waals surface area contributed by atoms with Gasteiger partial charge < -0.3 is 0 Å². The lowest BCUT2D eigenvalue weighted by Gasteiger charge is -2.14. The summed E-state index contributed by atoms with van der Waals surface area (Å²) in [7, 11) is 3.10. The maximum Gasteiger partial charge on any atom is 0.331 e. The molecule has 4 rings (SSSR count). The Kier molecular flexibility index (Phi) is 4.16. The van der Waals surface area contributed by atoms with Gasteiger partial charge in [-0.15, -0.1) is 0 Å². The zero-order valence-corrected chi connectivity index (χ0v) is 15.6. The Morgan fingerprint density at radius 3 is 2.22 bits per heavy atom. The van der Waals surface area contributed by atoms with Gasteiger partial charge in [-0.05, 0) is 17.7 Å². The molecule has 0 aliphatic carbocycles. The van der Waals surface area contributed by atoms with E-state index in [1.807, 2.05) is 54.6 Å². The highest BCUT2D eigenvalue weighted by atomic mass is 35.5. The van der Waals surface area contributed by atoms with Crippen LogP contribution in [-0.2, 0) is 14.1 Å². The first-order valence-electron chi connectivity index (χ1n) is 8.40. The molecule has 0 atom stereocenters. The van der Waals surface area contributed by atoms with Crippen LogP contribution in [0.4, 0.5) is 0 Å². The van der Waals surface area contributed by atoms with E-state index < -0.39 is 11.2 Å². The molecule has 0 amide bonds. The van der Waals surface area contributed by atoms with E-state index in [0.717, 1.165) is 21.3 Å². The van der Waals surface area contributed by atoms with Crippen LogP contribution in [0.5, 0.6) is 0 Å². The van der Waals surface area contributed by atoms with E-state index in [9.17, 15) is 9.59 Å². The van der Waals surface area contributed by atoms with E-state index in [1.165, 1.54) is 11.6 Å². The Morgan fingerprint density at radius 1 is 0.852 bits per heavy atom. The third-order valence-electron chi connectivity index (χ3n) is 4.64. The van der Waals surface area contributed by atoms with E-state index in [1.54, 1.807) is 13.1 Å². The minimum Gasteiger partial charge on any atom is -0.294 e. The van der Waals surface area contributed by atoms with Gasteiger partial charge in [-0.3, -0.25) is 13.9 Å². The van der Waals surface area contributed by atoms with Crippen molar-refractivity contribution in [3.63, 3.8) is 0 Å². The highest BCUT2D eigenvalue weighted by Crippen LogP contribution is 2.33. The molecule has 4 aromatic rings. The van der Waals surface area contributed by atoms with Gasteiger partial charge >= 0.3 is 5.69 Å². The van der Waals surface area contributed by atoms with Gasteiger partial charge in [-0.1, -0.05) is 60.1 Å². The summed E-state index contributed by atoms with van der Waals surface area (Å²) in [6.07, 6.45) is 0. The molecule has 2 aromatic heterocycles. The molecule has 0 aliphatic heterocycles. The van der Waals surface area contributed by atoms with Crippen LogP contribution >= 0.6 is 11.6 Å². The van der Waals surface area contributed by atoms with Crippen molar-refractivity contribution in [2.45, 2.75) is 0 Å². The SMILES string of the molecule is Cn1c(=O)c2nc(-c3ccccc3Cl)cc(-c3ccccc3)c2n(C)c1=O. The van der Waals surface area contributed by atoms with Crippen LogP contribution in [0.15, 0.2) is 70.3 Å². The number of benzene rings is 2. The van der Waals surface area contributed by atoms with Gasteiger partial charge in [0.25, 0.3) is 5.56 Å². The van der Waals surface area contributed by atoms with Crippen molar-refractivity contribution in [2.24, 2.45) is 14.1 Å². The Morgan fingerprint density at radius 2 is 1.52 bits per heavy atom. The molecular weight excluding hydrogens is 362 g/mol. The van der Waals surface area contributed by atoms with Crippen molar-refractivity contribution in [3.05, 3.63) is 86.5 Å². The van der Waals surface area contributed by atoms with E-state index in [-0.39, 0.29) is 5.52 Å². The second-order valence-electron chi connectivity index (χ2n) is 6.30. The minimum atomic E-state index is -0.431. The second kappa shape index (κ2) is 6.52. The van der Waals surface area contributed by atoms with Crippen molar-refractivity contribution in [1.29, 1.82) is 0 Å². The fourth-order valence-electron chi connectivity index (χ4n) is 3.24. The highest BCUT2D eigenvalue weighted by Gasteiger charge is 2.18. The number of hydrogen-bond acceptors (Lipinski definition) is 3. The molecule has 0 N–H and O–H groups in total. The maximum atomic E-state index is 12.8. The quantitative estimate of drug-likeness (QED) is 0.536. The minimum absolute atomic E-state index is 0.232. The summed E-state index contributed by atoms with van der Waals surface area (Å²) < 4.78 is 2.53. The summed E-state index contributed by atoms with van der Waals surface area (Å²) in [4.78, 5) is 29.9. The average molecular weight is 378 g/mol. The van der Waals surface area contributed by atoms with Crippen LogP contribution in [0.3, 0.4) is 0 Å². The number of pyridine rings is 1. The van der Waals surface area contributed by atoms with Gasteiger partial charge in [0, 0.05) is 30.2 Å². The predicted octanol–water partition coefficient (Wildman–Crippen LogP) is 3.62. The zero-order valence-electron chi connectivity index (χ0n) is 14.8. The van der Waals surface area contributed by atoms with E-state index >= 15 is 0 Å². The van der Waals surface area contributed by atoms with Crippen LogP contribution in [0.2, 0.25) is 5.02 Å². The summed E-state index contributed by atoms with van der Waals surface area (Å²) in [5, 5.41) is 0.546. The molecule has 0 saturated carbocycles. The van der Waals surface area contributed by atoms with Crippen LogP contribution in [0.1, 0.15) is 0 Å². The Balaban J connectivity index is 2.21. The van der Waals surface area contributed by atoms with Gasteiger partial charge in [0.05, 0.1) is 11.2 Å². The Bertz CT molecular complexity index is 1290. The number of rotatable bonds is 2. The number of fused-ring (bicyclic) bond motifs is 1. The molecule has 134 valence electrons. The van der Waals surface area contributed by atoms with Gasteiger partial charge in [0.2, 0.25) is 0 Å². The largest absolute Gasteiger partial charge is 0.331 e. The molecule has 2 heterocycles. The molecule has 0 fully saturated rings. The lowest BCUT2D eigenvalue weighted by Crippen LogP contribution is -2.37. The molecule has 0 radical (unpaired) electrons. The lowest BCUT2D eigenvalue weighted by molar-refractivity contribution is 0.711. The summed E-state index contributed by atoms with van der Waals surface area (Å²) in [5.41, 5.74) is 2.88. The molecule has 0 unspecified atom stereocenters. The first kappa shape index (κ1) is 17.2. The zero-order chi connectivity index (χ0) is 19.1. The topological polar surface area (TPSA) is 56.9 Å². The molecular formula is C21H16ClN3O2. The monoisotopic (exact) mass is 377 g/mol. The fourth-order valence-corrected chi connectivity index (χ4v) is 3.47.